The number of fused-ring (bicyclic) bond motifs is 1. The molecule has 0 bridgehead atoms. The third kappa shape index (κ3) is 4.37. The smallest absolute Gasteiger partial charge is 0.414 e. The van der Waals surface area contributed by atoms with Crippen molar-refractivity contribution < 1.29 is 23.9 Å². The second-order valence-electron chi connectivity index (χ2n) is 8.03. The van der Waals surface area contributed by atoms with E-state index in [0.717, 1.165) is 17.7 Å². The monoisotopic (exact) mass is 389 g/mol. The zero-order chi connectivity index (χ0) is 20.5. The Labute approximate surface area is 164 Å². The highest BCUT2D eigenvalue weighted by Crippen LogP contribution is 2.33. The largest absolute Gasteiger partial charge is 0.444 e. The molecule has 2 heterocycles. The van der Waals surface area contributed by atoms with Gasteiger partial charge in [0, 0.05) is 17.9 Å². The van der Waals surface area contributed by atoms with Gasteiger partial charge in [-0.05, 0) is 51.0 Å². The number of benzene rings is 1. The van der Waals surface area contributed by atoms with Crippen LogP contribution in [0.1, 0.15) is 39.7 Å². The summed E-state index contributed by atoms with van der Waals surface area (Å²) in [6.45, 7) is 8.56. The molecule has 3 rings (SSSR count). The van der Waals surface area contributed by atoms with Gasteiger partial charge < -0.3 is 19.7 Å². The molecule has 0 spiro atoms. The Morgan fingerprint density at radius 1 is 1.32 bits per heavy atom. The van der Waals surface area contributed by atoms with E-state index >= 15 is 0 Å². The molecule has 1 N–H and O–H groups in total. The fourth-order valence-corrected chi connectivity index (χ4v) is 3.36. The first-order valence-electron chi connectivity index (χ1n) is 9.56. The van der Waals surface area contributed by atoms with Crippen molar-refractivity contribution in [3.05, 3.63) is 23.8 Å². The van der Waals surface area contributed by atoms with Crippen molar-refractivity contribution in [2.75, 3.05) is 29.4 Å². The number of cyclic esters (lactones) is 1. The number of nitrogens with one attached hydrogen (secondary N) is 1. The molecule has 0 unspecified atom stereocenters. The lowest BCUT2D eigenvalue weighted by atomic mass is 10.1. The number of anilines is 2. The average molecular weight is 389 g/mol. The molecule has 0 radical (unpaired) electrons. The molecule has 0 aromatic heterocycles. The molecule has 152 valence electrons. The number of nitrogens with zero attached hydrogens (tertiary/aromatic N) is 2. The number of hydrogen-bond acceptors (Lipinski definition) is 5. The zero-order valence-electron chi connectivity index (χ0n) is 16.8. The number of ether oxygens (including phenoxy) is 2. The fourth-order valence-electron chi connectivity index (χ4n) is 3.36. The third-order valence-electron chi connectivity index (χ3n) is 4.50. The molecule has 1 atom stereocenters. The standard InChI is InChI=1S/C20H27N3O5/c1-5-8-22-16-7-6-14(9-13(16)10-17(22)24)23-12-15(27-19(23)26)11-21-18(25)28-20(2,3)4/h6-7,9,15H,5,8,10-12H2,1-4H3,(H,21,25)/t15-/m0/s1. The van der Waals surface area contributed by atoms with Gasteiger partial charge in [-0.25, -0.2) is 9.59 Å². The van der Waals surface area contributed by atoms with Gasteiger partial charge in [-0.1, -0.05) is 6.92 Å². The first-order chi connectivity index (χ1) is 13.2. The van der Waals surface area contributed by atoms with E-state index in [2.05, 4.69) is 5.32 Å². The molecule has 1 aromatic rings. The molecular weight excluding hydrogens is 362 g/mol. The topological polar surface area (TPSA) is 88.2 Å². The van der Waals surface area contributed by atoms with E-state index < -0.39 is 23.9 Å². The zero-order valence-corrected chi connectivity index (χ0v) is 16.8. The Balaban J connectivity index is 1.63. The SMILES string of the molecule is CCCN1C(=O)Cc2cc(N3C[C@H](CNC(=O)OC(C)(C)C)OC3=O)ccc21. The Morgan fingerprint density at radius 3 is 2.75 bits per heavy atom. The molecule has 28 heavy (non-hydrogen) atoms. The summed E-state index contributed by atoms with van der Waals surface area (Å²) in [5.74, 6) is 0.0810. The summed E-state index contributed by atoms with van der Waals surface area (Å²) in [5.41, 5.74) is 1.93. The summed E-state index contributed by atoms with van der Waals surface area (Å²) >= 11 is 0. The highest BCUT2D eigenvalue weighted by Gasteiger charge is 2.34. The Morgan fingerprint density at radius 2 is 2.07 bits per heavy atom. The third-order valence-corrected chi connectivity index (χ3v) is 4.50. The molecule has 8 nitrogen and oxygen atoms in total. The van der Waals surface area contributed by atoms with Crippen LogP contribution >= 0.6 is 0 Å². The van der Waals surface area contributed by atoms with Gasteiger partial charge in [0.05, 0.1) is 19.5 Å². The minimum Gasteiger partial charge on any atom is -0.444 e. The van der Waals surface area contributed by atoms with E-state index in [0.29, 0.717) is 25.2 Å². The van der Waals surface area contributed by atoms with Crippen LogP contribution in [-0.4, -0.2) is 49.4 Å². The molecule has 0 saturated carbocycles. The number of alkyl carbamates (subject to hydrolysis) is 1. The summed E-state index contributed by atoms with van der Waals surface area (Å²) < 4.78 is 10.5. The molecule has 2 aliphatic heterocycles. The molecule has 1 aromatic carbocycles. The predicted octanol–water partition coefficient (Wildman–Crippen LogP) is 2.84. The number of carbonyl (C=O) groups excluding carboxylic acids is 3. The number of carbonyl (C=O) groups is 3. The Hall–Kier alpha value is -2.77. The molecule has 8 heteroatoms. The van der Waals surface area contributed by atoms with E-state index in [9.17, 15) is 14.4 Å². The van der Waals surface area contributed by atoms with Gasteiger partial charge in [0.2, 0.25) is 5.91 Å². The van der Waals surface area contributed by atoms with Crippen LogP contribution in [0.15, 0.2) is 18.2 Å². The normalized spacial score (nSPS) is 18.9. The lowest BCUT2D eigenvalue weighted by Crippen LogP contribution is -2.38. The van der Waals surface area contributed by atoms with Crippen LogP contribution < -0.4 is 15.1 Å². The van der Waals surface area contributed by atoms with E-state index in [-0.39, 0.29) is 12.5 Å². The molecule has 0 aliphatic carbocycles. The van der Waals surface area contributed by atoms with E-state index in [1.807, 2.05) is 25.1 Å². The van der Waals surface area contributed by atoms with Crippen LogP contribution in [-0.2, 0) is 20.7 Å². The molecule has 1 fully saturated rings. The van der Waals surface area contributed by atoms with Crippen molar-refractivity contribution in [1.82, 2.24) is 5.32 Å². The van der Waals surface area contributed by atoms with Gasteiger partial charge in [-0.2, -0.15) is 0 Å². The van der Waals surface area contributed by atoms with Crippen LogP contribution in [0.2, 0.25) is 0 Å². The lowest BCUT2D eigenvalue weighted by molar-refractivity contribution is -0.117. The van der Waals surface area contributed by atoms with Gasteiger partial charge in [-0.3, -0.25) is 9.69 Å². The molecular formula is C20H27N3O5. The second-order valence-corrected chi connectivity index (χ2v) is 8.03. The summed E-state index contributed by atoms with van der Waals surface area (Å²) in [4.78, 5) is 39.5. The average Bonchev–Trinajstić information content (AvgIpc) is 3.11. The minimum atomic E-state index is -0.587. The fraction of sp³-hybridized carbons (Fsp3) is 0.550. The van der Waals surface area contributed by atoms with Crippen molar-refractivity contribution in [3.8, 4) is 0 Å². The maximum absolute atomic E-state index is 12.3. The molecule has 3 amide bonds. The van der Waals surface area contributed by atoms with Crippen LogP contribution in [0.25, 0.3) is 0 Å². The number of rotatable bonds is 5. The van der Waals surface area contributed by atoms with Crippen LogP contribution in [0.4, 0.5) is 21.0 Å². The first-order valence-corrected chi connectivity index (χ1v) is 9.56. The Kier molecular flexibility index (Phi) is 5.49. The summed E-state index contributed by atoms with van der Waals surface area (Å²) in [7, 11) is 0. The van der Waals surface area contributed by atoms with Gasteiger partial charge in [-0.15, -0.1) is 0 Å². The maximum Gasteiger partial charge on any atom is 0.414 e. The van der Waals surface area contributed by atoms with Crippen molar-refractivity contribution >= 4 is 29.5 Å². The van der Waals surface area contributed by atoms with Gasteiger partial charge >= 0.3 is 12.2 Å². The second kappa shape index (κ2) is 7.69. The summed E-state index contributed by atoms with van der Waals surface area (Å²) in [6, 6.07) is 5.57. The quantitative estimate of drug-likeness (QED) is 0.837. The van der Waals surface area contributed by atoms with E-state index in [4.69, 9.17) is 9.47 Å². The van der Waals surface area contributed by atoms with Gasteiger partial charge in [0.15, 0.2) is 0 Å². The Bertz CT molecular complexity index is 787. The first kappa shape index (κ1) is 20.0. The van der Waals surface area contributed by atoms with Gasteiger partial charge in [0.25, 0.3) is 0 Å². The summed E-state index contributed by atoms with van der Waals surface area (Å²) in [5, 5.41) is 2.62. The van der Waals surface area contributed by atoms with Crippen LogP contribution in [0, 0.1) is 0 Å². The molecule has 2 aliphatic rings. The molecule has 1 saturated heterocycles. The van der Waals surface area contributed by atoms with Gasteiger partial charge in [0.1, 0.15) is 11.7 Å². The maximum atomic E-state index is 12.3. The van der Waals surface area contributed by atoms with Crippen molar-refractivity contribution in [2.24, 2.45) is 0 Å². The highest BCUT2D eigenvalue weighted by atomic mass is 16.6. The lowest BCUT2D eigenvalue weighted by Gasteiger charge is -2.20. The predicted molar refractivity (Wildman–Crippen MR) is 105 cm³/mol. The van der Waals surface area contributed by atoms with Crippen molar-refractivity contribution in [1.29, 1.82) is 0 Å². The minimum absolute atomic E-state index is 0.0810. The van der Waals surface area contributed by atoms with E-state index in [1.165, 1.54) is 4.90 Å². The van der Waals surface area contributed by atoms with Crippen LogP contribution in [0.5, 0.6) is 0 Å². The van der Waals surface area contributed by atoms with E-state index in [1.54, 1.807) is 25.7 Å². The van der Waals surface area contributed by atoms with Crippen molar-refractivity contribution in [3.63, 3.8) is 0 Å². The number of hydrogen-bond donors (Lipinski definition) is 1. The van der Waals surface area contributed by atoms with Crippen LogP contribution in [0.3, 0.4) is 0 Å². The summed E-state index contributed by atoms with van der Waals surface area (Å²) in [6.07, 6.45) is -0.251. The van der Waals surface area contributed by atoms with Crippen molar-refractivity contribution in [2.45, 2.75) is 52.2 Å². The number of amides is 3. The highest BCUT2D eigenvalue weighted by molar-refractivity contribution is 6.02.